The molecule has 1 unspecified atom stereocenters. The van der Waals surface area contributed by atoms with Gasteiger partial charge in [-0.15, -0.1) is 0 Å². The third-order valence-electron chi connectivity index (χ3n) is 5.09. The Bertz CT molecular complexity index is 480. The van der Waals surface area contributed by atoms with Crippen LogP contribution in [0.25, 0.3) is 0 Å². The molecule has 0 aliphatic heterocycles. The molecule has 23 heavy (non-hydrogen) atoms. The minimum Gasteiger partial charge on any atom is -0.465 e. The van der Waals surface area contributed by atoms with Crippen LogP contribution in [-0.2, 0) is 16.0 Å². The molecule has 1 atom stereocenters. The van der Waals surface area contributed by atoms with Gasteiger partial charge in [-0.3, -0.25) is 10.1 Å². The molecule has 1 aromatic carbocycles. The molecule has 0 spiro atoms. The highest BCUT2D eigenvalue weighted by atomic mass is 16.5. The molecule has 3 heteroatoms. The van der Waals surface area contributed by atoms with Crippen LogP contribution in [0.3, 0.4) is 0 Å². The lowest BCUT2D eigenvalue weighted by Gasteiger charge is -2.38. The first-order valence-corrected chi connectivity index (χ1v) is 9.07. The number of aryl methyl sites for hydroxylation is 1. The van der Waals surface area contributed by atoms with E-state index in [1.54, 1.807) is 0 Å². The summed E-state index contributed by atoms with van der Waals surface area (Å²) in [6, 6.07) is 10.8. The smallest absolute Gasteiger partial charge is 0.326 e. The SMILES string of the molecule is CCOC(=O)C(CCc1ccccc1)(NC1CCCC1)C(C)C. The Balaban J connectivity index is 2.17. The van der Waals surface area contributed by atoms with E-state index in [0.717, 1.165) is 12.8 Å². The van der Waals surface area contributed by atoms with Gasteiger partial charge >= 0.3 is 5.97 Å². The summed E-state index contributed by atoms with van der Waals surface area (Å²) in [6.07, 6.45) is 6.51. The standard InChI is InChI=1S/C20H31NO2/c1-4-23-19(22)20(16(2)3,21-18-12-8-9-13-18)15-14-17-10-6-5-7-11-17/h5-7,10-11,16,18,21H,4,8-9,12-15H2,1-3H3. The van der Waals surface area contributed by atoms with Crippen LogP contribution in [-0.4, -0.2) is 24.2 Å². The molecule has 0 bridgehead atoms. The van der Waals surface area contributed by atoms with Gasteiger partial charge in [-0.1, -0.05) is 57.0 Å². The van der Waals surface area contributed by atoms with E-state index in [-0.39, 0.29) is 11.9 Å². The van der Waals surface area contributed by atoms with Crippen molar-refractivity contribution in [2.24, 2.45) is 5.92 Å². The van der Waals surface area contributed by atoms with E-state index in [1.807, 2.05) is 13.0 Å². The van der Waals surface area contributed by atoms with Crippen molar-refractivity contribution in [2.75, 3.05) is 6.61 Å². The summed E-state index contributed by atoms with van der Waals surface area (Å²) in [5.41, 5.74) is 0.691. The van der Waals surface area contributed by atoms with Gasteiger partial charge in [0.25, 0.3) is 0 Å². The van der Waals surface area contributed by atoms with Crippen LogP contribution in [0.4, 0.5) is 0 Å². The van der Waals surface area contributed by atoms with Crippen LogP contribution < -0.4 is 5.32 Å². The van der Waals surface area contributed by atoms with Gasteiger partial charge < -0.3 is 4.74 Å². The maximum atomic E-state index is 12.8. The average Bonchev–Trinajstić information content (AvgIpc) is 3.05. The summed E-state index contributed by atoms with van der Waals surface area (Å²) in [5, 5.41) is 3.71. The van der Waals surface area contributed by atoms with Gasteiger partial charge in [0.1, 0.15) is 5.54 Å². The number of hydrogen-bond donors (Lipinski definition) is 1. The Labute approximate surface area is 140 Å². The maximum Gasteiger partial charge on any atom is 0.326 e. The fraction of sp³-hybridized carbons (Fsp3) is 0.650. The molecule has 1 fully saturated rings. The summed E-state index contributed by atoms with van der Waals surface area (Å²) in [4.78, 5) is 12.8. The predicted molar refractivity (Wildman–Crippen MR) is 94.4 cm³/mol. The molecular weight excluding hydrogens is 286 g/mol. The Morgan fingerprint density at radius 2 is 1.91 bits per heavy atom. The number of esters is 1. The molecule has 0 heterocycles. The molecule has 128 valence electrons. The van der Waals surface area contributed by atoms with Gasteiger partial charge in [0, 0.05) is 6.04 Å². The Morgan fingerprint density at radius 3 is 2.48 bits per heavy atom. The fourth-order valence-electron chi connectivity index (χ4n) is 3.60. The summed E-state index contributed by atoms with van der Waals surface area (Å²) in [7, 11) is 0. The van der Waals surface area contributed by atoms with Gasteiger partial charge in [0.2, 0.25) is 0 Å². The summed E-state index contributed by atoms with van der Waals surface area (Å²) in [6.45, 7) is 6.58. The topological polar surface area (TPSA) is 38.3 Å². The zero-order valence-corrected chi connectivity index (χ0v) is 14.8. The lowest BCUT2D eigenvalue weighted by atomic mass is 9.80. The lowest BCUT2D eigenvalue weighted by molar-refractivity contribution is -0.154. The third-order valence-corrected chi connectivity index (χ3v) is 5.09. The van der Waals surface area contributed by atoms with E-state index < -0.39 is 5.54 Å². The zero-order chi connectivity index (χ0) is 16.7. The first-order valence-electron chi connectivity index (χ1n) is 9.07. The Morgan fingerprint density at radius 1 is 1.26 bits per heavy atom. The van der Waals surface area contributed by atoms with Gasteiger partial charge in [-0.2, -0.15) is 0 Å². The minimum atomic E-state index is -0.582. The van der Waals surface area contributed by atoms with Crippen LogP contribution in [0.15, 0.2) is 30.3 Å². The number of carbonyl (C=O) groups excluding carboxylic acids is 1. The summed E-state index contributed by atoms with van der Waals surface area (Å²) < 4.78 is 5.47. The van der Waals surface area contributed by atoms with Crippen molar-refractivity contribution in [3.8, 4) is 0 Å². The molecule has 0 saturated heterocycles. The quantitative estimate of drug-likeness (QED) is 0.733. The van der Waals surface area contributed by atoms with Crippen molar-refractivity contribution in [1.82, 2.24) is 5.32 Å². The van der Waals surface area contributed by atoms with Crippen LogP contribution in [0.5, 0.6) is 0 Å². The van der Waals surface area contributed by atoms with Crippen molar-refractivity contribution in [3.63, 3.8) is 0 Å². The van der Waals surface area contributed by atoms with E-state index in [0.29, 0.717) is 12.6 Å². The van der Waals surface area contributed by atoms with Gasteiger partial charge in [0.15, 0.2) is 0 Å². The van der Waals surface area contributed by atoms with Crippen LogP contribution in [0.1, 0.15) is 58.4 Å². The second-order valence-electron chi connectivity index (χ2n) is 6.96. The summed E-state index contributed by atoms with van der Waals surface area (Å²) in [5.74, 6) is 0.115. The first-order chi connectivity index (χ1) is 11.1. The Hall–Kier alpha value is -1.35. The zero-order valence-electron chi connectivity index (χ0n) is 14.8. The molecule has 3 nitrogen and oxygen atoms in total. The van der Waals surface area contributed by atoms with Crippen LogP contribution in [0.2, 0.25) is 0 Å². The van der Waals surface area contributed by atoms with Crippen molar-refractivity contribution >= 4 is 5.97 Å². The van der Waals surface area contributed by atoms with E-state index in [2.05, 4.69) is 43.4 Å². The normalized spacial score (nSPS) is 18.1. The largest absolute Gasteiger partial charge is 0.465 e. The second kappa shape index (κ2) is 8.49. The second-order valence-corrected chi connectivity index (χ2v) is 6.96. The number of hydrogen-bond acceptors (Lipinski definition) is 3. The maximum absolute atomic E-state index is 12.8. The number of carbonyl (C=O) groups is 1. The van der Waals surface area contributed by atoms with Crippen molar-refractivity contribution < 1.29 is 9.53 Å². The number of rotatable bonds is 8. The molecule has 1 aliphatic rings. The van der Waals surface area contributed by atoms with E-state index in [4.69, 9.17) is 4.74 Å². The number of nitrogens with one attached hydrogen (secondary N) is 1. The molecular formula is C20H31NO2. The van der Waals surface area contributed by atoms with Crippen molar-refractivity contribution in [2.45, 2.75) is 70.9 Å². The minimum absolute atomic E-state index is 0.0853. The van der Waals surface area contributed by atoms with E-state index in [1.165, 1.54) is 31.2 Å². The van der Waals surface area contributed by atoms with Gasteiger partial charge in [0.05, 0.1) is 6.61 Å². The predicted octanol–water partition coefficient (Wildman–Crippen LogP) is 4.11. The monoisotopic (exact) mass is 317 g/mol. The number of benzene rings is 1. The van der Waals surface area contributed by atoms with Gasteiger partial charge in [-0.05, 0) is 44.1 Å². The highest BCUT2D eigenvalue weighted by Gasteiger charge is 2.44. The Kier molecular flexibility index (Phi) is 6.64. The summed E-state index contributed by atoms with van der Waals surface area (Å²) >= 11 is 0. The molecule has 1 aliphatic carbocycles. The molecule has 0 radical (unpaired) electrons. The van der Waals surface area contributed by atoms with E-state index in [9.17, 15) is 4.79 Å². The highest BCUT2D eigenvalue weighted by molar-refractivity contribution is 5.81. The first kappa shape index (κ1) is 18.0. The molecule has 0 amide bonds. The molecule has 1 N–H and O–H groups in total. The van der Waals surface area contributed by atoms with Gasteiger partial charge in [-0.25, -0.2) is 0 Å². The molecule has 2 rings (SSSR count). The molecule has 0 aromatic heterocycles. The molecule has 1 aromatic rings. The van der Waals surface area contributed by atoms with Crippen LogP contribution in [0, 0.1) is 5.92 Å². The number of ether oxygens (including phenoxy) is 1. The molecule has 1 saturated carbocycles. The van der Waals surface area contributed by atoms with Crippen molar-refractivity contribution in [1.29, 1.82) is 0 Å². The van der Waals surface area contributed by atoms with E-state index >= 15 is 0 Å². The average molecular weight is 317 g/mol. The van der Waals surface area contributed by atoms with Crippen molar-refractivity contribution in [3.05, 3.63) is 35.9 Å². The lowest BCUT2D eigenvalue weighted by Crippen LogP contribution is -2.59. The third kappa shape index (κ3) is 4.57. The van der Waals surface area contributed by atoms with Crippen LogP contribution >= 0.6 is 0 Å². The highest BCUT2D eigenvalue weighted by Crippen LogP contribution is 2.30. The fourth-order valence-corrected chi connectivity index (χ4v) is 3.60.